The summed E-state index contributed by atoms with van der Waals surface area (Å²) in [7, 11) is 0. The number of rotatable bonds is 0. The SMILES string of the molecule is C[C@]12CC[C@H](N)CC1C(=O)C[C@@H]1[C@@H]2CC[C@]2(C)C(=O)CC[C@@H]12. The number of fused-ring (bicyclic) bond motifs is 5. The normalized spacial score (nSPS) is 54.6. The molecular formula is C19H29NO2. The van der Waals surface area contributed by atoms with Crippen LogP contribution in [0.15, 0.2) is 0 Å². The second kappa shape index (κ2) is 4.66. The quantitative estimate of drug-likeness (QED) is 0.748. The first-order valence-corrected chi connectivity index (χ1v) is 9.18. The topological polar surface area (TPSA) is 60.2 Å². The average molecular weight is 303 g/mol. The summed E-state index contributed by atoms with van der Waals surface area (Å²) < 4.78 is 0. The van der Waals surface area contributed by atoms with E-state index in [1.807, 2.05) is 0 Å². The van der Waals surface area contributed by atoms with Crippen molar-refractivity contribution in [2.75, 3.05) is 0 Å². The molecule has 0 spiro atoms. The fourth-order valence-corrected chi connectivity index (χ4v) is 6.84. The van der Waals surface area contributed by atoms with Crippen molar-refractivity contribution in [3.8, 4) is 0 Å². The lowest BCUT2D eigenvalue weighted by atomic mass is 9.45. The maximum Gasteiger partial charge on any atom is 0.139 e. The lowest BCUT2D eigenvalue weighted by Crippen LogP contribution is -2.57. The predicted octanol–water partition coefficient (Wildman–Crippen LogP) is 3.10. The molecule has 4 rings (SSSR count). The van der Waals surface area contributed by atoms with Crippen molar-refractivity contribution in [2.24, 2.45) is 40.2 Å². The van der Waals surface area contributed by atoms with Crippen LogP contribution >= 0.6 is 0 Å². The monoisotopic (exact) mass is 303 g/mol. The van der Waals surface area contributed by atoms with Crippen LogP contribution in [-0.2, 0) is 9.59 Å². The van der Waals surface area contributed by atoms with Gasteiger partial charge in [-0.3, -0.25) is 9.59 Å². The van der Waals surface area contributed by atoms with Gasteiger partial charge in [-0.1, -0.05) is 13.8 Å². The molecule has 3 nitrogen and oxygen atoms in total. The van der Waals surface area contributed by atoms with Crippen LogP contribution in [0.3, 0.4) is 0 Å². The number of Topliss-reactive ketones (excluding diaryl/α,β-unsaturated/α-hetero) is 2. The van der Waals surface area contributed by atoms with E-state index in [4.69, 9.17) is 5.73 Å². The molecule has 0 aromatic heterocycles. The van der Waals surface area contributed by atoms with Gasteiger partial charge in [-0.05, 0) is 61.7 Å². The Kier molecular flexibility index (Phi) is 3.15. The average Bonchev–Trinajstić information content (AvgIpc) is 2.77. The van der Waals surface area contributed by atoms with Crippen molar-refractivity contribution < 1.29 is 9.59 Å². The van der Waals surface area contributed by atoms with Gasteiger partial charge < -0.3 is 5.73 Å². The lowest BCUT2D eigenvalue weighted by Gasteiger charge is -2.59. The zero-order chi connectivity index (χ0) is 15.7. The highest BCUT2D eigenvalue weighted by molar-refractivity contribution is 5.88. The van der Waals surface area contributed by atoms with Gasteiger partial charge in [0.05, 0.1) is 0 Å². The Morgan fingerprint density at radius 1 is 1.05 bits per heavy atom. The molecule has 0 heterocycles. The first-order valence-electron chi connectivity index (χ1n) is 9.18. The molecule has 2 N–H and O–H groups in total. The van der Waals surface area contributed by atoms with Crippen molar-refractivity contribution in [3.63, 3.8) is 0 Å². The van der Waals surface area contributed by atoms with Crippen molar-refractivity contribution in [1.29, 1.82) is 0 Å². The summed E-state index contributed by atoms with van der Waals surface area (Å²) in [6.45, 7) is 4.54. The number of ketones is 2. The van der Waals surface area contributed by atoms with Crippen LogP contribution in [0.5, 0.6) is 0 Å². The highest BCUT2D eigenvalue weighted by Crippen LogP contribution is 2.64. The van der Waals surface area contributed by atoms with E-state index >= 15 is 0 Å². The zero-order valence-electron chi connectivity index (χ0n) is 13.9. The second-order valence-electron chi connectivity index (χ2n) is 9.06. The Bertz CT molecular complexity index is 530. The molecule has 0 saturated heterocycles. The summed E-state index contributed by atoms with van der Waals surface area (Å²) in [5.74, 6) is 2.62. The minimum atomic E-state index is -0.129. The van der Waals surface area contributed by atoms with Crippen molar-refractivity contribution in [2.45, 2.75) is 71.3 Å². The summed E-state index contributed by atoms with van der Waals surface area (Å²) >= 11 is 0. The maximum atomic E-state index is 12.9. The van der Waals surface area contributed by atoms with Crippen molar-refractivity contribution >= 4 is 11.6 Å². The van der Waals surface area contributed by atoms with Gasteiger partial charge in [-0.15, -0.1) is 0 Å². The number of hydrogen-bond donors (Lipinski definition) is 1. The summed E-state index contributed by atoms with van der Waals surface area (Å²) in [6, 6.07) is 0.209. The minimum Gasteiger partial charge on any atom is -0.328 e. The van der Waals surface area contributed by atoms with Crippen LogP contribution in [0.25, 0.3) is 0 Å². The molecule has 22 heavy (non-hydrogen) atoms. The number of hydrogen-bond acceptors (Lipinski definition) is 3. The molecule has 0 aromatic carbocycles. The van der Waals surface area contributed by atoms with Gasteiger partial charge in [-0.25, -0.2) is 0 Å². The molecule has 4 saturated carbocycles. The van der Waals surface area contributed by atoms with Crippen LogP contribution in [-0.4, -0.2) is 17.6 Å². The summed E-state index contributed by atoms with van der Waals surface area (Å²) in [6.07, 6.45) is 7.70. The number of nitrogens with two attached hydrogens (primary N) is 1. The Labute approximate surface area is 133 Å². The molecule has 0 radical (unpaired) electrons. The molecule has 1 unspecified atom stereocenters. The van der Waals surface area contributed by atoms with Gasteiger partial charge in [0.15, 0.2) is 0 Å². The molecule has 4 aliphatic carbocycles. The summed E-state index contributed by atoms with van der Waals surface area (Å²) in [5, 5.41) is 0. The van der Waals surface area contributed by atoms with Gasteiger partial charge in [0, 0.05) is 30.2 Å². The van der Waals surface area contributed by atoms with Gasteiger partial charge in [0.1, 0.15) is 11.6 Å². The first-order chi connectivity index (χ1) is 10.4. The van der Waals surface area contributed by atoms with E-state index in [-0.39, 0.29) is 22.8 Å². The zero-order valence-corrected chi connectivity index (χ0v) is 13.9. The highest BCUT2D eigenvalue weighted by Gasteiger charge is 2.61. The van der Waals surface area contributed by atoms with Crippen LogP contribution in [0.1, 0.15) is 65.2 Å². The third kappa shape index (κ3) is 1.78. The molecular weight excluding hydrogens is 274 g/mol. The fourth-order valence-electron chi connectivity index (χ4n) is 6.84. The molecule has 0 bridgehead atoms. The van der Waals surface area contributed by atoms with E-state index in [0.717, 1.165) is 44.9 Å². The Balaban J connectivity index is 1.69. The molecule has 3 heteroatoms. The van der Waals surface area contributed by atoms with E-state index in [1.54, 1.807) is 0 Å². The van der Waals surface area contributed by atoms with E-state index in [0.29, 0.717) is 35.7 Å². The van der Waals surface area contributed by atoms with Crippen molar-refractivity contribution in [1.82, 2.24) is 0 Å². The smallest absolute Gasteiger partial charge is 0.139 e. The summed E-state index contributed by atoms with van der Waals surface area (Å²) in [5.41, 5.74) is 6.17. The van der Waals surface area contributed by atoms with Gasteiger partial charge in [0.25, 0.3) is 0 Å². The summed E-state index contributed by atoms with van der Waals surface area (Å²) in [4.78, 5) is 25.3. The van der Waals surface area contributed by atoms with E-state index < -0.39 is 0 Å². The largest absolute Gasteiger partial charge is 0.328 e. The molecule has 0 aliphatic heterocycles. The van der Waals surface area contributed by atoms with Crippen LogP contribution < -0.4 is 5.73 Å². The van der Waals surface area contributed by atoms with Crippen LogP contribution in [0.2, 0.25) is 0 Å². The Hall–Kier alpha value is -0.700. The molecule has 4 aliphatic rings. The number of carbonyl (C=O) groups is 2. The predicted molar refractivity (Wildman–Crippen MR) is 85.1 cm³/mol. The standard InChI is InChI=1S/C19H29NO2/c1-18-7-5-11(20)9-15(18)16(21)10-12-13-3-4-17(22)19(13,2)8-6-14(12)18/h11-15H,3-10,20H2,1-2H3/t11-,12-,13-,14-,15?,18+,19-/m0/s1. The molecule has 0 amide bonds. The van der Waals surface area contributed by atoms with Crippen molar-refractivity contribution in [3.05, 3.63) is 0 Å². The molecule has 0 aromatic rings. The van der Waals surface area contributed by atoms with E-state index in [9.17, 15) is 9.59 Å². The van der Waals surface area contributed by atoms with E-state index in [1.165, 1.54) is 0 Å². The number of carbonyl (C=O) groups excluding carboxylic acids is 2. The molecule has 4 fully saturated rings. The van der Waals surface area contributed by atoms with Crippen LogP contribution in [0.4, 0.5) is 0 Å². The second-order valence-corrected chi connectivity index (χ2v) is 9.06. The first kappa shape index (κ1) is 14.9. The lowest BCUT2D eigenvalue weighted by molar-refractivity contribution is -0.156. The fraction of sp³-hybridized carbons (Fsp3) is 0.895. The third-order valence-corrected chi connectivity index (χ3v) is 8.21. The van der Waals surface area contributed by atoms with E-state index in [2.05, 4.69) is 13.8 Å². The van der Waals surface area contributed by atoms with Gasteiger partial charge >= 0.3 is 0 Å². The maximum absolute atomic E-state index is 12.9. The molecule has 122 valence electrons. The van der Waals surface area contributed by atoms with Gasteiger partial charge in [0.2, 0.25) is 0 Å². The molecule has 7 atom stereocenters. The highest BCUT2D eigenvalue weighted by atomic mass is 16.1. The van der Waals surface area contributed by atoms with Gasteiger partial charge in [-0.2, -0.15) is 0 Å². The third-order valence-electron chi connectivity index (χ3n) is 8.21. The Morgan fingerprint density at radius 2 is 1.82 bits per heavy atom. The Morgan fingerprint density at radius 3 is 2.59 bits per heavy atom. The van der Waals surface area contributed by atoms with Crippen LogP contribution in [0, 0.1) is 34.5 Å². The minimum absolute atomic E-state index is 0.129.